The van der Waals surface area contributed by atoms with Gasteiger partial charge in [0.15, 0.2) is 11.6 Å². The number of aryl methyl sites for hydroxylation is 1. The molecule has 1 aliphatic rings. The number of nitrogens with zero attached hydrogens (tertiary/aromatic N) is 5. The number of rotatable bonds is 8. The van der Waals surface area contributed by atoms with E-state index in [0.717, 1.165) is 22.5 Å². The van der Waals surface area contributed by atoms with Crippen LogP contribution in [0, 0.1) is 0 Å². The molecule has 29 heavy (non-hydrogen) atoms. The minimum absolute atomic E-state index is 0.352. The van der Waals surface area contributed by atoms with Crippen LogP contribution in [-0.2, 0) is 11.8 Å². The summed E-state index contributed by atoms with van der Waals surface area (Å²) < 4.78 is 7.29. The molecule has 2 aromatic rings. The molecule has 0 radical (unpaired) electrons. The van der Waals surface area contributed by atoms with Gasteiger partial charge in [-0.15, -0.1) is 0 Å². The maximum Gasteiger partial charge on any atom is 0.169 e. The Hall–Kier alpha value is -3.39. The number of aromatic nitrogens is 4. The molecule has 0 aromatic carbocycles. The Labute approximate surface area is 171 Å². The smallest absolute Gasteiger partial charge is 0.169 e. The molecule has 2 aromatic heterocycles. The summed E-state index contributed by atoms with van der Waals surface area (Å²) in [6.07, 6.45) is 13.4. The van der Waals surface area contributed by atoms with E-state index in [1.54, 1.807) is 17.1 Å². The minimum atomic E-state index is 0.352. The highest BCUT2D eigenvalue weighted by Gasteiger charge is 2.14. The van der Waals surface area contributed by atoms with E-state index in [-0.39, 0.29) is 0 Å². The van der Waals surface area contributed by atoms with Crippen molar-refractivity contribution in [2.75, 3.05) is 30.8 Å². The van der Waals surface area contributed by atoms with Crippen LogP contribution in [0.3, 0.4) is 0 Å². The summed E-state index contributed by atoms with van der Waals surface area (Å²) in [6, 6.07) is 0. The van der Waals surface area contributed by atoms with Crippen LogP contribution in [0.15, 0.2) is 66.6 Å². The second-order valence-corrected chi connectivity index (χ2v) is 6.56. The molecule has 3 heterocycles. The van der Waals surface area contributed by atoms with Crippen LogP contribution in [0.4, 0.5) is 11.6 Å². The van der Waals surface area contributed by atoms with E-state index in [0.29, 0.717) is 37.1 Å². The Morgan fingerprint density at radius 3 is 2.86 bits per heavy atom. The number of allylic oxidation sites excluding steroid dienone is 2. The number of hydrogen-bond donors (Lipinski definition) is 2. The van der Waals surface area contributed by atoms with Crippen molar-refractivity contribution < 1.29 is 4.74 Å². The lowest BCUT2D eigenvalue weighted by Crippen LogP contribution is -2.22. The molecule has 0 fully saturated rings. The van der Waals surface area contributed by atoms with Crippen molar-refractivity contribution in [3.8, 4) is 11.3 Å². The van der Waals surface area contributed by atoms with E-state index in [4.69, 9.17) is 10.5 Å². The summed E-state index contributed by atoms with van der Waals surface area (Å²) in [5.74, 6) is 0.891. The third-order valence-electron chi connectivity index (χ3n) is 4.45. The van der Waals surface area contributed by atoms with Gasteiger partial charge in [-0.3, -0.25) is 4.68 Å². The first-order chi connectivity index (χ1) is 14.0. The van der Waals surface area contributed by atoms with E-state index in [2.05, 4.69) is 27.0 Å². The second-order valence-electron chi connectivity index (χ2n) is 6.56. The van der Waals surface area contributed by atoms with Gasteiger partial charge in [0.25, 0.3) is 0 Å². The van der Waals surface area contributed by atoms with Crippen LogP contribution in [-0.4, -0.2) is 44.4 Å². The highest BCUT2D eigenvalue weighted by atomic mass is 16.5. The third kappa shape index (κ3) is 4.91. The predicted octanol–water partition coefficient (Wildman–Crippen LogP) is 3.08. The number of nitrogen functional groups attached to an aromatic ring is 1. The molecule has 0 amide bonds. The fourth-order valence-corrected chi connectivity index (χ4v) is 2.85. The molecule has 3 N–H and O–H groups in total. The normalized spacial score (nSPS) is 14.3. The van der Waals surface area contributed by atoms with Crippen LogP contribution in [0.25, 0.3) is 11.3 Å². The third-order valence-corrected chi connectivity index (χ3v) is 4.45. The standard InChI is InChI=1S/C21H27N7O/c1-5-18(14-29-6-2)28-12-16(8-7-15(28)3)9-24-21-20(22)23-11-19(26-21)17-10-25-27(4)13-17/h5,7-8,10-13H,3,6,9,14H2,1-2,4H3,(H2,22,23)(H,24,26)/b18-5-. The largest absolute Gasteiger partial charge is 0.381 e. The summed E-state index contributed by atoms with van der Waals surface area (Å²) in [7, 11) is 1.86. The van der Waals surface area contributed by atoms with Crippen LogP contribution in [0.5, 0.6) is 0 Å². The van der Waals surface area contributed by atoms with Crippen LogP contribution in [0.1, 0.15) is 13.8 Å². The molecule has 152 valence electrons. The quantitative estimate of drug-likeness (QED) is 0.712. The number of hydrogen-bond acceptors (Lipinski definition) is 7. The van der Waals surface area contributed by atoms with Gasteiger partial charge in [-0.2, -0.15) is 5.10 Å². The van der Waals surface area contributed by atoms with Crippen molar-refractivity contribution >= 4 is 11.6 Å². The summed E-state index contributed by atoms with van der Waals surface area (Å²) in [6.45, 7) is 9.82. The molecule has 8 nitrogen and oxygen atoms in total. The molecule has 0 unspecified atom stereocenters. The molecule has 0 atom stereocenters. The predicted molar refractivity (Wildman–Crippen MR) is 116 cm³/mol. The monoisotopic (exact) mass is 393 g/mol. The molecular formula is C21H27N7O. The van der Waals surface area contributed by atoms with Crippen LogP contribution < -0.4 is 11.1 Å². The molecular weight excluding hydrogens is 366 g/mol. The highest BCUT2D eigenvalue weighted by Crippen LogP contribution is 2.23. The zero-order chi connectivity index (χ0) is 20.8. The molecule has 0 aliphatic carbocycles. The maximum absolute atomic E-state index is 6.02. The Balaban J connectivity index is 1.74. The van der Waals surface area contributed by atoms with Crippen molar-refractivity contribution in [2.24, 2.45) is 7.05 Å². The average molecular weight is 393 g/mol. The van der Waals surface area contributed by atoms with Crippen molar-refractivity contribution in [1.82, 2.24) is 24.6 Å². The molecule has 3 rings (SSSR count). The number of nitrogens with one attached hydrogen (secondary N) is 1. The average Bonchev–Trinajstić information content (AvgIpc) is 3.16. The Bertz CT molecular complexity index is 971. The topological polar surface area (TPSA) is 94.1 Å². The van der Waals surface area contributed by atoms with Gasteiger partial charge in [-0.25, -0.2) is 9.97 Å². The lowest BCUT2D eigenvalue weighted by Gasteiger charge is -2.28. The van der Waals surface area contributed by atoms with Gasteiger partial charge in [0, 0.05) is 49.6 Å². The van der Waals surface area contributed by atoms with Gasteiger partial charge in [-0.1, -0.05) is 18.7 Å². The zero-order valence-corrected chi connectivity index (χ0v) is 17.1. The molecule has 1 aliphatic heterocycles. The van der Waals surface area contributed by atoms with Gasteiger partial charge in [0.05, 0.1) is 24.7 Å². The molecule has 8 heteroatoms. The SMILES string of the molecule is C=C1C=CC(CNc2nc(-c3cnn(C)c3)cnc2N)=CN1/C(=C\C)COCC. The lowest BCUT2D eigenvalue weighted by atomic mass is 10.1. The molecule has 0 bridgehead atoms. The molecule has 0 saturated heterocycles. The fourth-order valence-electron chi connectivity index (χ4n) is 2.85. The second kappa shape index (κ2) is 9.20. The Kier molecular flexibility index (Phi) is 6.46. The Morgan fingerprint density at radius 1 is 1.34 bits per heavy atom. The van der Waals surface area contributed by atoms with Gasteiger partial charge in [0.1, 0.15) is 0 Å². The fraction of sp³-hybridized carbons (Fsp3) is 0.286. The van der Waals surface area contributed by atoms with E-state index in [1.165, 1.54) is 0 Å². The van der Waals surface area contributed by atoms with Gasteiger partial charge >= 0.3 is 0 Å². The van der Waals surface area contributed by atoms with E-state index in [1.807, 2.05) is 56.4 Å². The minimum Gasteiger partial charge on any atom is -0.381 e. The number of nitrogens with two attached hydrogens (primary N) is 1. The maximum atomic E-state index is 6.02. The van der Waals surface area contributed by atoms with Crippen molar-refractivity contribution in [3.63, 3.8) is 0 Å². The summed E-state index contributed by atoms with van der Waals surface area (Å²) in [5.41, 5.74) is 10.6. The van der Waals surface area contributed by atoms with Crippen LogP contribution in [0.2, 0.25) is 0 Å². The first kappa shape index (κ1) is 20.3. The molecule has 0 spiro atoms. The number of ether oxygens (including phenoxy) is 1. The van der Waals surface area contributed by atoms with E-state index < -0.39 is 0 Å². The first-order valence-corrected chi connectivity index (χ1v) is 9.47. The lowest BCUT2D eigenvalue weighted by molar-refractivity contribution is 0.158. The van der Waals surface area contributed by atoms with Gasteiger partial charge in [0.2, 0.25) is 0 Å². The number of anilines is 2. The molecule has 0 saturated carbocycles. The summed E-state index contributed by atoms with van der Waals surface area (Å²) in [5, 5.41) is 7.46. The summed E-state index contributed by atoms with van der Waals surface area (Å²) in [4.78, 5) is 10.9. The van der Waals surface area contributed by atoms with Crippen molar-refractivity contribution in [3.05, 3.63) is 66.6 Å². The Morgan fingerprint density at radius 2 is 2.17 bits per heavy atom. The highest BCUT2D eigenvalue weighted by molar-refractivity contribution is 5.64. The van der Waals surface area contributed by atoms with Crippen LogP contribution >= 0.6 is 0 Å². The van der Waals surface area contributed by atoms with E-state index in [9.17, 15) is 0 Å². The van der Waals surface area contributed by atoms with Crippen molar-refractivity contribution in [2.45, 2.75) is 13.8 Å². The van der Waals surface area contributed by atoms with Gasteiger partial charge < -0.3 is 20.7 Å². The van der Waals surface area contributed by atoms with Crippen molar-refractivity contribution in [1.29, 1.82) is 0 Å². The zero-order valence-electron chi connectivity index (χ0n) is 17.1. The van der Waals surface area contributed by atoms with E-state index >= 15 is 0 Å². The first-order valence-electron chi connectivity index (χ1n) is 9.47. The van der Waals surface area contributed by atoms with Gasteiger partial charge in [-0.05, 0) is 25.5 Å². The summed E-state index contributed by atoms with van der Waals surface area (Å²) >= 11 is 0.